The zero-order valence-corrected chi connectivity index (χ0v) is 10.6. The standard InChI is InChI=1S/C12H21ClO3/c1-2-4-15-12-10(13)6-11(12)16-8-9-3-5-14-7-9/h9-12H,2-8H2,1H3. The highest BCUT2D eigenvalue weighted by molar-refractivity contribution is 6.21. The van der Waals surface area contributed by atoms with E-state index in [2.05, 4.69) is 6.92 Å². The van der Waals surface area contributed by atoms with E-state index in [-0.39, 0.29) is 17.6 Å². The maximum Gasteiger partial charge on any atom is 0.100 e. The number of rotatable bonds is 6. The molecule has 1 aliphatic heterocycles. The molecule has 4 atom stereocenters. The molecule has 1 saturated carbocycles. The number of hydrogen-bond donors (Lipinski definition) is 0. The summed E-state index contributed by atoms with van der Waals surface area (Å²) in [6, 6.07) is 0. The van der Waals surface area contributed by atoms with E-state index in [9.17, 15) is 0 Å². The van der Waals surface area contributed by atoms with Crippen LogP contribution in [0.25, 0.3) is 0 Å². The second-order valence-electron chi connectivity index (χ2n) is 4.69. The summed E-state index contributed by atoms with van der Waals surface area (Å²) in [6.07, 6.45) is 3.38. The molecule has 0 radical (unpaired) electrons. The SMILES string of the molecule is CCCOC1C(Cl)CC1OCC1CCOC1. The van der Waals surface area contributed by atoms with E-state index in [1.54, 1.807) is 0 Å². The van der Waals surface area contributed by atoms with Crippen LogP contribution < -0.4 is 0 Å². The van der Waals surface area contributed by atoms with Crippen molar-refractivity contribution in [2.24, 2.45) is 5.92 Å². The molecular weight excluding hydrogens is 228 g/mol. The summed E-state index contributed by atoms with van der Waals surface area (Å²) in [7, 11) is 0. The summed E-state index contributed by atoms with van der Waals surface area (Å²) in [5.41, 5.74) is 0. The Morgan fingerprint density at radius 1 is 1.38 bits per heavy atom. The molecule has 0 aromatic heterocycles. The summed E-state index contributed by atoms with van der Waals surface area (Å²) in [5.74, 6) is 0.571. The Labute approximate surface area is 102 Å². The van der Waals surface area contributed by atoms with Gasteiger partial charge in [-0.25, -0.2) is 0 Å². The van der Waals surface area contributed by atoms with Gasteiger partial charge >= 0.3 is 0 Å². The smallest absolute Gasteiger partial charge is 0.100 e. The normalized spacial score (nSPS) is 38.6. The highest BCUT2D eigenvalue weighted by Crippen LogP contribution is 2.32. The molecule has 1 saturated heterocycles. The number of ether oxygens (including phenoxy) is 3. The van der Waals surface area contributed by atoms with Gasteiger partial charge in [0.1, 0.15) is 6.10 Å². The summed E-state index contributed by atoms with van der Waals surface area (Å²) < 4.78 is 16.8. The molecule has 2 rings (SSSR count). The van der Waals surface area contributed by atoms with Gasteiger partial charge in [0, 0.05) is 19.1 Å². The van der Waals surface area contributed by atoms with Crippen LogP contribution in [0.15, 0.2) is 0 Å². The van der Waals surface area contributed by atoms with Crippen LogP contribution in [0.1, 0.15) is 26.2 Å². The van der Waals surface area contributed by atoms with Gasteiger partial charge in [0.15, 0.2) is 0 Å². The lowest BCUT2D eigenvalue weighted by Crippen LogP contribution is -2.51. The van der Waals surface area contributed by atoms with E-state index in [0.717, 1.165) is 45.7 Å². The average molecular weight is 249 g/mol. The molecule has 0 N–H and O–H groups in total. The quantitative estimate of drug-likeness (QED) is 0.675. The van der Waals surface area contributed by atoms with E-state index in [1.165, 1.54) is 0 Å². The Morgan fingerprint density at radius 3 is 2.88 bits per heavy atom. The van der Waals surface area contributed by atoms with Gasteiger partial charge in [-0.1, -0.05) is 6.92 Å². The monoisotopic (exact) mass is 248 g/mol. The first-order valence-electron chi connectivity index (χ1n) is 6.26. The minimum absolute atomic E-state index is 0.101. The predicted molar refractivity (Wildman–Crippen MR) is 63.0 cm³/mol. The van der Waals surface area contributed by atoms with Gasteiger partial charge in [0.2, 0.25) is 0 Å². The first-order chi connectivity index (χ1) is 7.81. The van der Waals surface area contributed by atoms with Crippen LogP contribution in [0.5, 0.6) is 0 Å². The maximum atomic E-state index is 6.11. The van der Waals surface area contributed by atoms with E-state index in [4.69, 9.17) is 25.8 Å². The lowest BCUT2D eigenvalue weighted by Gasteiger charge is -2.40. The average Bonchev–Trinajstić information content (AvgIpc) is 2.77. The first kappa shape index (κ1) is 12.6. The number of alkyl halides is 1. The van der Waals surface area contributed by atoms with Gasteiger partial charge in [-0.05, 0) is 19.3 Å². The van der Waals surface area contributed by atoms with Crippen LogP contribution >= 0.6 is 11.6 Å². The maximum absolute atomic E-state index is 6.11. The van der Waals surface area contributed by atoms with Crippen molar-refractivity contribution in [1.82, 2.24) is 0 Å². The molecule has 3 nitrogen and oxygen atoms in total. The summed E-state index contributed by atoms with van der Waals surface area (Å²) in [5, 5.41) is 0.136. The molecule has 0 aromatic carbocycles. The van der Waals surface area contributed by atoms with Gasteiger partial charge in [0.25, 0.3) is 0 Å². The van der Waals surface area contributed by atoms with Crippen LogP contribution in [0.2, 0.25) is 0 Å². The van der Waals surface area contributed by atoms with Crippen LogP contribution in [0, 0.1) is 5.92 Å². The lowest BCUT2D eigenvalue weighted by atomic mass is 9.90. The van der Waals surface area contributed by atoms with E-state index in [1.807, 2.05) is 0 Å². The van der Waals surface area contributed by atoms with Gasteiger partial charge in [-0.15, -0.1) is 11.6 Å². The molecule has 0 bridgehead atoms. The van der Waals surface area contributed by atoms with Crippen LogP contribution in [0.3, 0.4) is 0 Å². The number of halogens is 1. The fraction of sp³-hybridized carbons (Fsp3) is 1.00. The highest BCUT2D eigenvalue weighted by atomic mass is 35.5. The van der Waals surface area contributed by atoms with E-state index >= 15 is 0 Å². The fourth-order valence-corrected chi connectivity index (χ4v) is 2.54. The van der Waals surface area contributed by atoms with Crippen LogP contribution in [-0.4, -0.2) is 44.0 Å². The molecule has 4 unspecified atom stereocenters. The zero-order chi connectivity index (χ0) is 11.4. The Balaban J connectivity index is 1.64. The fourth-order valence-electron chi connectivity index (χ4n) is 2.13. The van der Waals surface area contributed by atoms with Crippen molar-refractivity contribution in [2.45, 2.75) is 43.8 Å². The van der Waals surface area contributed by atoms with Crippen molar-refractivity contribution in [3.05, 3.63) is 0 Å². The molecule has 1 heterocycles. The van der Waals surface area contributed by atoms with Crippen molar-refractivity contribution < 1.29 is 14.2 Å². The third-order valence-electron chi connectivity index (χ3n) is 3.26. The third kappa shape index (κ3) is 3.10. The van der Waals surface area contributed by atoms with Crippen molar-refractivity contribution >= 4 is 11.6 Å². The predicted octanol–water partition coefficient (Wildman–Crippen LogP) is 2.21. The highest BCUT2D eigenvalue weighted by Gasteiger charge is 2.42. The Bertz CT molecular complexity index is 206. The second kappa shape index (κ2) is 6.20. The molecule has 2 aliphatic rings. The summed E-state index contributed by atoms with van der Waals surface area (Å²) >= 11 is 6.11. The topological polar surface area (TPSA) is 27.7 Å². The van der Waals surface area contributed by atoms with Crippen molar-refractivity contribution in [3.8, 4) is 0 Å². The lowest BCUT2D eigenvalue weighted by molar-refractivity contribution is -0.130. The molecule has 0 spiro atoms. The summed E-state index contributed by atoms with van der Waals surface area (Å²) in [6.45, 7) is 5.40. The van der Waals surface area contributed by atoms with Gasteiger partial charge < -0.3 is 14.2 Å². The second-order valence-corrected chi connectivity index (χ2v) is 5.25. The Morgan fingerprint density at radius 2 is 2.25 bits per heavy atom. The van der Waals surface area contributed by atoms with Crippen LogP contribution in [0.4, 0.5) is 0 Å². The molecule has 16 heavy (non-hydrogen) atoms. The zero-order valence-electron chi connectivity index (χ0n) is 9.86. The minimum atomic E-state index is 0.101. The van der Waals surface area contributed by atoms with Crippen molar-refractivity contribution in [1.29, 1.82) is 0 Å². The molecule has 94 valence electrons. The molecular formula is C12H21ClO3. The number of hydrogen-bond acceptors (Lipinski definition) is 3. The molecule has 0 aromatic rings. The van der Waals surface area contributed by atoms with E-state index in [0.29, 0.717) is 5.92 Å². The van der Waals surface area contributed by atoms with Crippen molar-refractivity contribution in [2.75, 3.05) is 26.4 Å². The third-order valence-corrected chi connectivity index (χ3v) is 3.69. The summed E-state index contributed by atoms with van der Waals surface area (Å²) in [4.78, 5) is 0. The first-order valence-corrected chi connectivity index (χ1v) is 6.70. The molecule has 2 fully saturated rings. The largest absolute Gasteiger partial charge is 0.381 e. The van der Waals surface area contributed by atoms with E-state index < -0.39 is 0 Å². The van der Waals surface area contributed by atoms with Crippen molar-refractivity contribution in [3.63, 3.8) is 0 Å². The van der Waals surface area contributed by atoms with Crippen LogP contribution in [-0.2, 0) is 14.2 Å². The van der Waals surface area contributed by atoms with Gasteiger partial charge in [-0.3, -0.25) is 0 Å². The van der Waals surface area contributed by atoms with Gasteiger partial charge in [0.05, 0.1) is 24.7 Å². The molecule has 4 heteroatoms. The minimum Gasteiger partial charge on any atom is -0.381 e. The molecule has 0 amide bonds. The van der Waals surface area contributed by atoms with Gasteiger partial charge in [-0.2, -0.15) is 0 Å². The Kier molecular flexibility index (Phi) is 4.89. The Hall–Kier alpha value is 0.170. The molecule has 1 aliphatic carbocycles.